The Bertz CT molecular complexity index is 528. The van der Waals surface area contributed by atoms with Crippen molar-refractivity contribution in [1.82, 2.24) is 4.98 Å². The van der Waals surface area contributed by atoms with Gasteiger partial charge in [-0.3, -0.25) is 4.98 Å². The van der Waals surface area contributed by atoms with Crippen LogP contribution in [0.5, 0.6) is 0 Å². The van der Waals surface area contributed by atoms with Crippen LogP contribution in [0.4, 0.5) is 0 Å². The van der Waals surface area contributed by atoms with Crippen LogP contribution in [-0.4, -0.2) is 18.7 Å². The molecule has 2 N–H and O–H groups in total. The largest absolute Gasteiger partial charge is 0.325 e. The van der Waals surface area contributed by atoms with Gasteiger partial charge in [-0.05, 0) is 36.5 Å². The van der Waals surface area contributed by atoms with Crippen molar-refractivity contribution >= 4 is 9.84 Å². The third-order valence-electron chi connectivity index (χ3n) is 3.85. The molecule has 5 heteroatoms. The van der Waals surface area contributed by atoms with Crippen LogP contribution in [-0.2, 0) is 22.1 Å². The molecule has 0 amide bonds. The van der Waals surface area contributed by atoms with E-state index in [0.717, 1.165) is 36.9 Å². The molecule has 106 valence electrons. The van der Waals surface area contributed by atoms with Crippen molar-refractivity contribution in [2.45, 2.75) is 50.2 Å². The summed E-state index contributed by atoms with van der Waals surface area (Å²) in [4.78, 5) is 4.09. The van der Waals surface area contributed by atoms with Gasteiger partial charge in [0.15, 0.2) is 9.84 Å². The van der Waals surface area contributed by atoms with Crippen molar-refractivity contribution in [1.29, 1.82) is 0 Å². The van der Waals surface area contributed by atoms with Crippen molar-refractivity contribution in [3.05, 3.63) is 29.6 Å². The molecule has 1 aliphatic carbocycles. The summed E-state index contributed by atoms with van der Waals surface area (Å²) in [5, 5.41) is -0.175. The Balaban J connectivity index is 2.11. The molecule has 2 atom stereocenters. The number of aromatic nitrogens is 1. The number of sulfone groups is 1. The Labute approximate surface area is 115 Å². The molecule has 19 heavy (non-hydrogen) atoms. The standard InChI is InChI=1S/C14H22N2O2S/c1-11-3-2-4-14(7-11)19(17,18)10-12-5-6-16-13(8-12)9-15/h5-6,8,11,14H,2-4,7,9-10,15H2,1H3. The van der Waals surface area contributed by atoms with Crippen LogP contribution in [0.3, 0.4) is 0 Å². The quantitative estimate of drug-likeness (QED) is 0.917. The van der Waals surface area contributed by atoms with Crippen molar-refractivity contribution in [3.63, 3.8) is 0 Å². The summed E-state index contributed by atoms with van der Waals surface area (Å²) in [6.45, 7) is 2.48. The Morgan fingerprint density at radius 1 is 1.42 bits per heavy atom. The predicted molar refractivity (Wildman–Crippen MR) is 76.2 cm³/mol. The summed E-state index contributed by atoms with van der Waals surface area (Å²) < 4.78 is 24.9. The molecule has 1 saturated carbocycles. The van der Waals surface area contributed by atoms with E-state index < -0.39 is 9.84 Å². The van der Waals surface area contributed by atoms with Gasteiger partial charge in [0.2, 0.25) is 0 Å². The third kappa shape index (κ3) is 3.76. The van der Waals surface area contributed by atoms with Crippen LogP contribution < -0.4 is 5.73 Å². The first kappa shape index (κ1) is 14.5. The average molecular weight is 282 g/mol. The van der Waals surface area contributed by atoms with E-state index in [1.54, 1.807) is 18.3 Å². The summed E-state index contributed by atoms with van der Waals surface area (Å²) in [7, 11) is -3.06. The van der Waals surface area contributed by atoms with E-state index in [-0.39, 0.29) is 11.0 Å². The summed E-state index contributed by atoms with van der Waals surface area (Å²) >= 11 is 0. The molecular formula is C14H22N2O2S. The zero-order chi connectivity index (χ0) is 13.9. The van der Waals surface area contributed by atoms with Gasteiger partial charge < -0.3 is 5.73 Å². The predicted octanol–water partition coefficient (Wildman–Crippen LogP) is 2.03. The second-order valence-corrected chi connectivity index (χ2v) is 7.84. The minimum atomic E-state index is -3.06. The fourth-order valence-electron chi connectivity index (χ4n) is 2.78. The molecular weight excluding hydrogens is 260 g/mol. The van der Waals surface area contributed by atoms with Gasteiger partial charge in [-0.15, -0.1) is 0 Å². The van der Waals surface area contributed by atoms with Crippen molar-refractivity contribution in [2.75, 3.05) is 0 Å². The summed E-state index contributed by atoms with van der Waals surface area (Å²) in [6.07, 6.45) is 5.42. The monoisotopic (exact) mass is 282 g/mol. The molecule has 0 radical (unpaired) electrons. The van der Waals surface area contributed by atoms with Gasteiger partial charge in [0.25, 0.3) is 0 Å². The molecule has 2 rings (SSSR count). The minimum Gasteiger partial charge on any atom is -0.325 e. The van der Waals surface area contributed by atoms with Crippen LogP contribution in [0.2, 0.25) is 0 Å². The van der Waals surface area contributed by atoms with Gasteiger partial charge >= 0.3 is 0 Å². The second kappa shape index (κ2) is 6.01. The molecule has 0 aliphatic heterocycles. The van der Waals surface area contributed by atoms with Gasteiger partial charge in [0.05, 0.1) is 16.7 Å². The second-order valence-electron chi connectivity index (χ2n) is 5.56. The molecule has 1 aromatic rings. The molecule has 1 fully saturated rings. The van der Waals surface area contributed by atoms with Crippen LogP contribution in [0.25, 0.3) is 0 Å². The zero-order valence-corrected chi connectivity index (χ0v) is 12.2. The van der Waals surface area contributed by atoms with E-state index >= 15 is 0 Å². The average Bonchev–Trinajstić information content (AvgIpc) is 2.38. The van der Waals surface area contributed by atoms with Gasteiger partial charge in [-0.2, -0.15) is 0 Å². The lowest BCUT2D eigenvalue weighted by atomic mass is 9.91. The smallest absolute Gasteiger partial charge is 0.157 e. The highest BCUT2D eigenvalue weighted by atomic mass is 32.2. The molecule has 2 unspecified atom stereocenters. The fraction of sp³-hybridized carbons (Fsp3) is 0.643. The number of rotatable bonds is 4. The lowest BCUT2D eigenvalue weighted by Crippen LogP contribution is -2.28. The fourth-order valence-corrected chi connectivity index (χ4v) is 4.81. The van der Waals surface area contributed by atoms with Gasteiger partial charge in [-0.25, -0.2) is 8.42 Å². The topological polar surface area (TPSA) is 73.0 Å². The Hall–Kier alpha value is -0.940. The van der Waals surface area contributed by atoms with E-state index in [1.165, 1.54) is 0 Å². The Kier molecular flexibility index (Phi) is 4.58. The number of hydrogen-bond acceptors (Lipinski definition) is 4. The molecule has 0 saturated heterocycles. The van der Waals surface area contributed by atoms with E-state index in [4.69, 9.17) is 5.73 Å². The van der Waals surface area contributed by atoms with Crippen LogP contribution >= 0.6 is 0 Å². The lowest BCUT2D eigenvalue weighted by molar-refractivity contribution is 0.382. The number of nitrogens with two attached hydrogens (primary N) is 1. The third-order valence-corrected chi connectivity index (χ3v) is 6.03. The maximum atomic E-state index is 12.4. The van der Waals surface area contributed by atoms with Crippen molar-refractivity contribution in [3.8, 4) is 0 Å². The molecule has 1 aliphatic rings. The first-order valence-electron chi connectivity index (χ1n) is 6.86. The summed E-state index contributed by atoms with van der Waals surface area (Å²) in [5.41, 5.74) is 7.07. The molecule has 0 aromatic carbocycles. The highest BCUT2D eigenvalue weighted by Gasteiger charge is 2.30. The summed E-state index contributed by atoms with van der Waals surface area (Å²) in [5.74, 6) is 0.630. The van der Waals surface area contributed by atoms with Crippen molar-refractivity contribution < 1.29 is 8.42 Å². The SMILES string of the molecule is CC1CCCC(S(=O)(=O)Cc2ccnc(CN)c2)C1. The highest BCUT2D eigenvalue weighted by molar-refractivity contribution is 7.91. The highest BCUT2D eigenvalue weighted by Crippen LogP contribution is 2.30. The molecule has 4 nitrogen and oxygen atoms in total. The first-order valence-corrected chi connectivity index (χ1v) is 8.58. The van der Waals surface area contributed by atoms with E-state index in [0.29, 0.717) is 12.5 Å². The van der Waals surface area contributed by atoms with Crippen LogP contribution in [0, 0.1) is 5.92 Å². The van der Waals surface area contributed by atoms with E-state index in [9.17, 15) is 8.42 Å². The van der Waals surface area contributed by atoms with E-state index in [2.05, 4.69) is 11.9 Å². The Morgan fingerprint density at radius 3 is 2.89 bits per heavy atom. The lowest BCUT2D eigenvalue weighted by Gasteiger charge is -2.26. The normalized spacial score (nSPS) is 24.3. The van der Waals surface area contributed by atoms with Gasteiger partial charge in [0, 0.05) is 12.7 Å². The summed E-state index contributed by atoms with van der Waals surface area (Å²) in [6, 6.07) is 3.56. The van der Waals surface area contributed by atoms with Gasteiger partial charge in [0.1, 0.15) is 0 Å². The molecule has 0 spiro atoms. The van der Waals surface area contributed by atoms with Crippen molar-refractivity contribution in [2.24, 2.45) is 11.7 Å². The van der Waals surface area contributed by atoms with Gasteiger partial charge in [-0.1, -0.05) is 19.8 Å². The molecule has 0 bridgehead atoms. The maximum Gasteiger partial charge on any atom is 0.157 e. The first-order chi connectivity index (χ1) is 9.01. The zero-order valence-electron chi connectivity index (χ0n) is 11.4. The number of hydrogen-bond donors (Lipinski definition) is 1. The molecule has 1 heterocycles. The number of pyridine rings is 1. The minimum absolute atomic E-state index is 0.111. The molecule has 1 aromatic heterocycles. The van der Waals surface area contributed by atoms with E-state index in [1.807, 2.05) is 0 Å². The van der Waals surface area contributed by atoms with Crippen LogP contribution in [0.1, 0.15) is 43.9 Å². The number of nitrogens with zero attached hydrogens (tertiary/aromatic N) is 1. The maximum absolute atomic E-state index is 12.4. The van der Waals surface area contributed by atoms with Crippen LogP contribution in [0.15, 0.2) is 18.3 Å². The Morgan fingerprint density at radius 2 is 2.21 bits per heavy atom.